The van der Waals surface area contributed by atoms with Gasteiger partial charge in [-0.3, -0.25) is 0 Å². The van der Waals surface area contributed by atoms with Gasteiger partial charge in [0.1, 0.15) is 0 Å². The zero-order valence-electron chi connectivity index (χ0n) is 20.1. The van der Waals surface area contributed by atoms with Crippen molar-refractivity contribution in [2.45, 2.75) is 116 Å². The van der Waals surface area contributed by atoms with E-state index < -0.39 is 0 Å². The fourth-order valence-electron chi connectivity index (χ4n) is 9.21. The first-order chi connectivity index (χ1) is 14.1. The predicted molar refractivity (Wildman–Crippen MR) is 129 cm³/mol. The lowest BCUT2D eigenvalue weighted by atomic mass is 9.43. The maximum Gasteiger partial charge on any atom is 0.0701 e. The van der Waals surface area contributed by atoms with Crippen molar-refractivity contribution in [3.63, 3.8) is 0 Å². The van der Waals surface area contributed by atoms with E-state index in [9.17, 15) is 10.2 Å². The molecule has 11 atom stereocenters. The average molecular weight is 484 g/mol. The fraction of sp³-hybridized carbons (Fsp3) is 1.00. The maximum atomic E-state index is 11.6. The van der Waals surface area contributed by atoms with Crippen LogP contribution in [0.25, 0.3) is 0 Å². The van der Waals surface area contributed by atoms with E-state index in [1.54, 1.807) is 0 Å². The summed E-state index contributed by atoms with van der Waals surface area (Å²) in [4.78, 5) is 0.142. The third kappa shape index (κ3) is 3.75. The molecule has 4 aliphatic rings. The van der Waals surface area contributed by atoms with Gasteiger partial charge in [0.15, 0.2) is 0 Å². The first-order valence-corrected chi connectivity index (χ1v) is 14.0. The second-order valence-electron chi connectivity index (χ2n) is 12.8. The van der Waals surface area contributed by atoms with Crippen molar-refractivity contribution in [1.29, 1.82) is 0 Å². The Morgan fingerprint density at radius 1 is 0.867 bits per heavy atom. The summed E-state index contributed by atoms with van der Waals surface area (Å²) in [5.74, 6) is 4.61. The monoisotopic (exact) mass is 482 g/mol. The van der Waals surface area contributed by atoms with E-state index in [0.29, 0.717) is 29.1 Å². The Morgan fingerprint density at radius 3 is 2.23 bits per heavy atom. The van der Waals surface area contributed by atoms with Gasteiger partial charge in [0.05, 0.1) is 12.2 Å². The van der Waals surface area contributed by atoms with Crippen LogP contribution < -0.4 is 0 Å². The Morgan fingerprint density at radius 2 is 1.53 bits per heavy atom. The highest BCUT2D eigenvalue weighted by atomic mass is 79.9. The predicted octanol–water partition coefficient (Wildman–Crippen LogP) is 6.81. The minimum atomic E-state index is -0.252. The Hall–Kier alpha value is 0.400. The summed E-state index contributed by atoms with van der Waals surface area (Å²) in [5, 5.41) is 21.9. The quantitative estimate of drug-likeness (QED) is 0.422. The molecule has 0 amide bonds. The molecule has 4 rings (SSSR count). The molecule has 0 aromatic heterocycles. The van der Waals surface area contributed by atoms with Gasteiger partial charge < -0.3 is 10.2 Å². The van der Waals surface area contributed by atoms with Crippen LogP contribution in [0.15, 0.2) is 0 Å². The van der Waals surface area contributed by atoms with Crippen LogP contribution in [0.1, 0.15) is 98.8 Å². The van der Waals surface area contributed by atoms with Crippen LogP contribution in [0.3, 0.4) is 0 Å². The van der Waals surface area contributed by atoms with Gasteiger partial charge >= 0.3 is 0 Å². The molecule has 0 bridgehead atoms. The lowest BCUT2D eigenvalue weighted by Gasteiger charge is -2.63. The molecule has 0 spiro atoms. The molecule has 174 valence electrons. The van der Waals surface area contributed by atoms with Crippen molar-refractivity contribution < 1.29 is 10.2 Å². The lowest BCUT2D eigenvalue weighted by Crippen LogP contribution is -2.62. The van der Waals surface area contributed by atoms with E-state index in [4.69, 9.17) is 0 Å². The van der Waals surface area contributed by atoms with Crippen LogP contribution in [0, 0.1) is 52.3 Å². The molecule has 30 heavy (non-hydrogen) atoms. The summed E-state index contributed by atoms with van der Waals surface area (Å²) in [6, 6.07) is 0. The molecule has 0 heterocycles. The summed E-state index contributed by atoms with van der Waals surface area (Å²) >= 11 is 3.97. The van der Waals surface area contributed by atoms with E-state index in [2.05, 4.69) is 50.5 Å². The number of hydrogen-bond donors (Lipinski definition) is 2. The van der Waals surface area contributed by atoms with Crippen molar-refractivity contribution in [1.82, 2.24) is 0 Å². The first kappa shape index (κ1) is 23.6. The lowest BCUT2D eigenvalue weighted by molar-refractivity contribution is -0.169. The van der Waals surface area contributed by atoms with Crippen molar-refractivity contribution in [2.75, 3.05) is 0 Å². The second kappa shape index (κ2) is 8.64. The molecule has 0 radical (unpaired) electrons. The highest BCUT2D eigenvalue weighted by Gasteiger charge is 2.64. The average Bonchev–Trinajstić information content (AvgIpc) is 3.04. The normalized spacial score (nSPS) is 51.9. The van der Waals surface area contributed by atoms with E-state index in [1.807, 2.05) is 0 Å². The van der Waals surface area contributed by atoms with Gasteiger partial charge in [-0.05, 0) is 97.2 Å². The summed E-state index contributed by atoms with van der Waals surface area (Å²) < 4.78 is 0. The zero-order valence-corrected chi connectivity index (χ0v) is 21.7. The molecule has 4 aliphatic carbocycles. The number of aliphatic hydroxyl groups is 2. The summed E-state index contributed by atoms with van der Waals surface area (Å²) in [6.45, 7) is 12.3. The molecular formula is C27H47BrO2. The van der Waals surface area contributed by atoms with Crippen LogP contribution >= 0.6 is 15.9 Å². The van der Waals surface area contributed by atoms with E-state index in [1.165, 1.54) is 44.9 Å². The van der Waals surface area contributed by atoms with Crippen LogP contribution in [-0.2, 0) is 0 Å². The molecule has 4 saturated carbocycles. The summed E-state index contributed by atoms with van der Waals surface area (Å²) in [7, 11) is 0. The number of hydrogen-bond acceptors (Lipinski definition) is 2. The van der Waals surface area contributed by atoms with Gasteiger partial charge in [-0.25, -0.2) is 0 Å². The second-order valence-corrected chi connectivity index (χ2v) is 13.9. The third-order valence-corrected chi connectivity index (χ3v) is 12.1. The first-order valence-electron chi connectivity index (χ1n) is 13.1. The van der Waals surface area contributed by atoms with E-state index >= 15 is 0 Å². The Labute approximate surface area is 194 Å². The van der Waals surface area contributed by atoms with E-state index in [-0.39, 0.29) is 22.5 Å². The molecule has 0 aromatic carbocycles. The molecular weight excluding hydrogens is 436 g/mol. The third-order valence-electron chi connectivity index (χ3n) is 10.9. The number of halogens is 1. The molecule has 0 aromatic rings. The standard InChI is InChI=1S/C27H47BrO2/c1-16(2)7-6-8-17(3)19-9-10-20-23-21(12-14-26(19,20)4)27(5)13-11-18(29)15-22(27)24(28)25(23)30/h16-25,29-30H,6-15H2,1-5H3/t17-,18-,19+,20-,21+,22-,23-,24-,25+,26-,27+/m1/s1. The zero-order chi connectivity index (χ0) is 21.8. The SMILES string of the molecule is CC(C)CCC[C@@H](C)[C@@H]1CC[C@@H]2[C@H]3[C@H](O)[C@H](Br)[C@H]4C[C@H](O)CC[C@@]4(C)[C@H]3CC[C@@]21C. The number of alkyl halides is 1. The number of aliphatic hydroxyl groups excluding tert-OH is 2. The van der Waals surface area contributed by atoms with Crippen molar-refractivity contribution in [3.05, 3.63) is 0 Å². The number of rotatable bonds is 5. The van der Waals surface area contributed by atoms with Gasteiger partial charge in [0, 0.05) is 4.83 Å². The summed E-state index contributed by atoms with van der Waals surface area (Å²) in [5.41, 5.74) is 0.684. The largest absolute Gasteiger partial charge is 0.393 e. The van der Waals surface area contributed by atoms with Gasteiger partial charge in [0.2, 0.25) is 0 Å². The highest BCUT2D eigenvalue weighted by Crippen LogP contribution is 2.69. The van der Waals surface area contributed by atoms with Crippen LogP contribution in [0.5, 0.6) is 0 Å². The van der Waals surface area contributed by atoms with Gasteiger partial charge in [-0.2, -0.15) is 0 Å². The minimum absolute atomic E-state index is 0.142. The topological polar surface area (TPSA) is 40.5 Å². The molecule has 0 aliphatic heterocycles. The molecule has 3 heteroatoms. The van der Waals surface area contributed by atoms with Gasteiger partial charge in [0.25, 0.3) is 0 Å². The highest BCUT2D eigenvalue weighted by molar-refractivity contribution is 9.09. The molecule has 4 fully saturated rings. The Bertz CT molecular complexity index is 608. The minimum Gasteiger partial charge on any atom is -0.393 e. The van der Waals surface area contributed by atoms with Crippen LogP contribution in [-0.4, -0.2) is 27.2 Å². The van der Waals surface area contributed by atoms with E-state index in [0.717, 1.165) is 37.0 Å². The van der Waals surface area contributed by atoms with Gasteiger partial charge in [-0.15, -0.1) is 0 Å². The maximum absolute atomic E-state index is 11.6. The number of fused-ring (bicyclic) bond motifs is 5. The molecule has 0 unspecified atom stereocenters. The Balaban J connectivity index is 1.54. The van der Waals surface area contributed by atoms with Crippen molar-refractivity contribution in [2.24, 2.45) is 52.3 Å². The Kier molecular flexibility index (Phi) is 6.78. The van der Waals surface area contributed by atoms with Crippen molar-refractivity contribution >= 4 is 15.9 Å². The molecule has 2 nitrogen and oxygen atoms in total. The van der Waals surface area contributed by atoms with Crippen LogP contribution in [0.4, 0.5) is 0 Å². The van der Waals surface area contributed by atoms with Crippen LogP contribution in [0.2, 0.25) is 0 Å². The summed E-state index contributed by atoms with van der Waals surface area (Å²) in [6.07, 6.45) is 11.9. The smallest absolute Gasteiger partial charge is 0.0701 e. The molecule has 2 N–H and O–H groups in total. The molecule has 0 saturated heterocycles. The fourth-order valence-corrected chi connectivity index (χ4v) is 10.4. The van der Waals surface area contributed by atoms with Gasteiger partial charge in [-0.1, -0.05) is 69.8 Å². The van der Waals surface area contributed by atoms with Crippen molar-refractivity contribution in [3.8, 4) is 0 Å².